The molecule has 0 spiro atoms. The highest BCUT2D eigenvalue weighted by Crippen LogP contribution is 2.31. The molecule has 0 radical (unpaired) electrons. The molecule has 0 unspecified atom stereocenters. The van der Waals surface area contributed by atoms with Gasteiger partial charge in [-0.05, 0) is 25.3 Å². The minimum atomic E-state index is -0.797. The van der Waals surface area contributed by atoms with Gasteiger partial charge in [0.2, 0.25) is 0 Å². The van der Waals surface area contributed by atoms with Gasteiger partial charge in [-0.3, -0.25) is 0 Å². The summed E-state index contributed by atoms with van der Waals surface area (Å²) >= 11 is 1.62. The van der Waals surface area contributed by atoms with Crippen LogP contribution < -0.4 is 4.98 Å². The summed E-state index contributed by atoms with van der Waals surface area (Å²) in [7, 11) is 0. The van der Waals surface area contributed by atoms with E-state index < -0.39 is 6.10 Å². The average Bonchev–Trinajstić information content (AvgIpc) is 3.13. The highest BCUT2D eigenvalue weighted by Gasteiger charge is 2.39. The first-order chi connectivity index (χ1) is 11.2. The van der Waals surface area contributed by atoms with E-state index in [1.165, 1.54) is 11.0 Å². The van der Waals surface area contributed by atoms with Crippen LogP contribution in [0.1, 0.15) is 41.3 Å². The lowest BCUT2D eigenvalue weighted by atomic mass is 10.1. The number of ether oxygens (including phenoxy) is 1. The molecule has 6 nitrogen and oxygen atoms in total. The number of aliphatic hydroxyl groups excluding tert-OH is 1. The van der Waals surface area contributed by atoms with Gasteiger partial charge in [0.05, 0.1) is 33.9 Å². The molecule has 120 valence electrons. The third-order valence-electron chi connectivity index (χ3n) is 3.78. The first-order valence-electron chi connectivity index (χ1n) is 7.56. The number of allylic oxidation sites excluding steroid dienone is 1. The van der Waals surface area contributed by atoms with Crippen molar-refractivity contribution in [1.29, 1.82) is 5.26 Å². The number of carbonyl (C=O) groups is 1. The number of nitriles is 1. The molecular weight excluding hydrogens is 314 g/mol. The predicted molar refractivity (Wildman–Crippen MR) is 84.5 cm³/mol. The maximum Gasteiger partial charge on any atom is 0.438 e. The van der Waals surface area contributed by atoms with Crippen LogP contribution in [0.3, 0.4) is 0 Å². The molecule has 23 heavy (non-hydrogen) atoms. The zero-order chi connectivity index (χ0) is 16.2. The third-order valence-corrected chi connectivity index (χ3v) is 4.85. The molecular formula is C16H17N3O3S. The van der Waals surface area contributed by atoms with E-state index >= 15 is 0 Å². The van der Waals surface area contributed by atoms with E-state index in [9.17, 15) is 4.79 Å². The second-order valence-corrected chi connectivity index (χ2v) is 6.50. The minimum Gasteiger partial charge on any atom is -0.639 e. The summed E-state index contributed by atoms with van der Waals surface area (Å²) in [5.74, 6) is -0.239. The molecule has 3 rings (SSSR count). The predicted octanol–water partition coefficient (Wildman–Crippen LogP) is 1.48. The van der Waals surface area contributed by atoms with Gasteiger partial charge in [-0.1, -0.05) is 0 Å². The number of hydrogen-bond acceptors (Lipinski definition) is 4. The Morgan fingerprint density at radius 2 is 2.43 bits per heavy atom. The molecule has 1 aliphatic carbocycles. The minimum absolute atomic E-state index is 0.239. The van der Waals surface area contributed by atoms with Gasteiger partial charge in [-0.15, -0.1) is 4.58 Å². The van der Waals surface area contributed by atoms with Gasteiger partial charge in [0.1, 0.15) is 0 Å². The maximum absolute atomic E-state index is 12.1. The largest absolute Gasteiger partial charge is 0.639 e. The number of unbranched alkanes of at least 4 members (excludes halogenated alkanes) is 2. The lowest BCUT2D eigenvalue weighted by Crippen LogP contribution is -2.28. The first-order valence-corrected chi connectivity index (χ1v) is 8.37. The van der Waals surface area contributed by atoms with Crippen LogP contribution in [0.2, 0.25) is 0 Å². The number of aryl methyl sites for hydroxylation is 1. The summed E-state index contributed by atoms with van der Waals surface area (Å²) in [4.78, 5) is 17.7. The number of thiazole rings is 1. The Balaban J connectivity index is 1.70. The molecule has 0 saturated carbocycles. The van der Waals surface area contributed by atoms with Gasteiger partial charge in [0, 0.05) is 12.8 Å². The van der Waals surface area contributed by atoms with Crippen LogP contribution in [0.5, 0.6) is 0 Å². The summed E-state index contributed by atoms with van der Waals surface area (Å²) in [5.41, 5.74) is 1.79. The van der Waals surface area contributed by atoms with Crippen molar-refractivity contribution in [3.8, 4) is 6.07 Å². The van der Waals surface area contributed by atoms with E-state index in [0.717, 1.165) is 40.5 Å². The van der Waals surface area contributed by atoms with Crippen LogP contribution in [-0.2, 0) is 16.0 Å². The van der Waals surface area contributed by atoms with Gasteiger partial charge in [0.25, 0.3) is 6.10 Å². The number of aromatic nitrogens is 1. The summed E-state index contributed by atoms with van der Waals surface area (Å²) in [6.45, 7) is -0.318. The molecule has 0 bridgehead atoms. The lowest BCUT2D eigenvalue weighted by Gasteiger charge is -2.18. The van der Waals surface area contributed by atoms with E-state index in [4.69, 9.17) is 15.1 Å². The molecule has 1 N–H and O–H groups in total. The van der Waals surface area contributed by atoms with Crippen molar-refractivity contribution in [1.82, 2.24) is 4.98 Å². The number of carbonyl (C=O) groups excluding carboxylic acids is 1. The van der Waals surface area contributed by atoms with Crippen molar-refractivity contribution in [2.45, 2.75) is 38.2 Å². The van der Waals surface area contributed by atoms with Crippen LogP contribution in [0.25, 0.3) is 6.08 Å². The van der Waals surface area contributed by atoms with Gasteiger partial charge in [-0.2, -0.15) is 5.26 Å². The SMILES string of the molecule is N#CCCCCc1[n-]c2c([s+]1)C=C([N+]1=CO[C@@H](CO)C1=O)C[CH-]2. The van der Waals surface area contributed by atoms with E-state index in [2.05, 4.69) is 11.1 Å². The van der Waals surface area contributed by atoms with E-state index in [1.54, 1.807) is 11.3 Å². The Hall–Kier alpha value is -2.17. The molecule has 1 aromatic heterocycles. The summed E-state index contributed by atoms with van der Waals surface area (Å²) in [6.07, 6.45) is 8.46. The number of rotatable bonds is 6. The fraction of sp³-hybridized carbons (Fsp3) is 0.438. The monoisotopic (exact) mass is 331 g/mol. The third kappa shape index (κ3) is 3.28. The summed E-state index contributed by atoms with van der Waals surface area (Å²) < 4.78 is 6.62. The van der Waals surface area contributed by atoms with Crippen LogP contribution in [0.4, 0.5) is 0 Å². The molecule has 7 heteroatoms. The smallest absolute Gasteiger partial charge is 0.438 e. The van der Waals surface area contributed by atoms with Crippen LogP contribution in [0, 0.1) is 17.8 Å². The Morgan fingerprint density at radius 1 is 1.57 bits per heavy atom. The Kier molecular flexibility index (Phi) is 4.74. The second kappa shape index (κ2) is 6.94. The molecule has 1 amide bonds. The topological polar surface area (TPSA) is 87.4 Å². The molecule has 1 aliphatic heterocycles. The number of amides is 1. The quantitative estimate of drug-likeness (QED) is 0.369. The fourth-order valence-electron chi connectivity index (χ4n) is 2.54. The van der Waals surface area contributed by atoms with Crippen molar-refractivity contribution < 1.29 is 19.2 Å². The molecule has 0 fully saturated rings. The standard InChI is InChI=1S/C16H17N3O3S/c17-7-3-1-2-4-15-18-12-6-5-11(8-14(12)23-15)19-10-22-13(9-20)16(19)21/h6,8,10,13,20H,1-5,9H2/t13-/m0/s1. The number of fused-ring (bicyclic) bond motifs is 1. The Labute approximate surface area is 138 Å². The molecule has 2 heterocycles. The summed E-state index contributed by atoms with van der Waals surface area (Å²) in [5, 5.41) is 18.7. The number of nitrogens with zero attached hydrogens (tertiary/aromatic N) is 3. The average molecular weight is 331 g/mol. The van der Waals surface area contributed by atoms with Crippen molar-refractivity contribution in [3.05, 3.63) is 27.7 Å². The zero-order valence-corrected chi connectivity index (χ0v) is 13.4. The van der Waals surface area contributed by atoms with Crippen molar-refractivity contribution in [2.75, 3.05) is 6.61 Å². The van der Waals surface area contributed by atoms with Crippen molar-refractivity contribution in [3.63, 3.8) is 0 Å². The molecule has 2 aliphatic rings. The van der Waals surface area contributed by atoms with Crippen molar-refractivity contribution >= 4 is 29.7 Å². The van der Waals surface area contributed by atoms with Crippen LogP contribution >= 0.6 is 11.3 Å². The highest BCUT2D eigenvalue weighted by molar-refractivity contribution is 7.12. The summed E-state index contributed by atoms with van der Waals surface area (Å²) in [6, 6.07) is 2.15. The van der Waals surface area contributed by atoms with E-state index in [-0.39, 0.29) is 12.5 Å². The lowest BCUT2D eigenvalue weighted by molar-refractivity contribution is -0.392. The molecule has 1 aromatic rings. The van der Waals surface area contributed by atoms with Crippen molar-refractivity contribution in [2.24, 2.45) is 0 Å². The number of aliphatic hydroxyl groups is 1. The van der Waals surface area contributed by atoms with E-state index in [1.807, 2.05) is 12.5 Å². The van der Waals surface area contributed by atoms with Gasteiger partial charge >= 0.3 is 12.3 Å². The highest BCUT2D eigenvalue weighted by atomic mass is 32.1. The maximum atomic E-state index is 12.1. The fourth-order valence-corrected chi connectivity index (χ4v) is 3.61. The van der Waals surface area contributed by atoms with E-state index in [0.29, 0.717) is 12.8 Å². The van der Waals surface area contributed by atoms with Gasteiger partial charge in [0.15, 0.2) is 5.70 Å². The normalized spacial score (nSPS) is 19.3. The van der Waals surface area contributed by atoms with Crippen LogP contribution in [-0.4, -0.2) is 34.7 Å². The zero-order valence-electron chi connectivity index (χ0n) is 12.6. The van der Waals surface area contributed by atoms with Gasteiger partial charge in [-0.25, -0.2) is 16.9 Å². The Bertz CT molecular complexity index is 715. The molecule has 0 saturated heterocycles. The van der Waals surface area contributed by atoms with Gasteiger partial charge < -0.3 is 14.8 Å². The first kappa shape index (κ1) is 15.7. The molecule has 0 aromatic carbocycles. The second-order valence-electron chi connectivity index (χ2n) is 5.39. The number of hydrogen-bond donors (Lipinski definition) is 1. The van der Waals surface area contributed by atoms with Crippen LogP contribution in [0.15, 0.2) is 5.70 Å². The molecule has 1 atom stereocenters. The Morgan fingerprint density at radius 3 is 3.17 bits per heavy atom.